The van der Waals surface area contributed by atoms with E-state index in [9.17, 15) is 4.79 Å². The molecule has 0 radical (unpaired) electrons. The van der Waals surface area contributed by atoms with Gasteiger partial charge in [0.1, 0.15) is 5.52 Å². The molecule has 0 aliphatic heterocycles. The number of nitrogens with zero attached hydrogens (tertiary/aromatic N) is 2. The molecule has 0 aliphatic rings. The van der Waals surface area contributed by atoms with Crippen molar-refractivity contribution in [2.45, 2.75) is 0 Å². The van der Waals surface area contributed by atoms with Crippen LogP contribution in [0.5, 0.6) is 0 Å². The largest absolute Gasteiger partial charge is 0.276 e. The van der Waals surface area contributed by atoms with Crippen molar-refractivity contribution < 1.29 is 4.79 Å². The van der Waals surface area contributed by atoms with Crippen LogP contribution in [0, 0.1) is 0 Å². The zero-order valence-electron chi connectivity index (χ0n) is 6.57. The maximum absolute atomic E-state index is 11.0. The molecule has 4 heteroatoms. The van der Waals surface area contributed by atoms with Gasteiger partial charge in [-0.05, 0) is 23.7 Å². The average molecular weight is 193 g/mol. The second-order valence-electron chi connectivity index (χ2n) is 2.50. The fraction of sp³-hybridized carbons (Fsp3) is 0. The molecule has 1 aromatic heterocycles. The maximum Gasteiger partial charge on any atom is 0.254 e. The van der Waals surface area contributed by atoms with Crippen LogP contribution in [0.3, 0.4) is 0 Å². The van der Waals surface area contributed by atoms with Crippen molar-refractivity contribution in [3.8, 4) is 0 Å². The lowest BCUT2D eigenvalue weighted by atomic mass is 10.2. The Labute approximate surface area is 79.4 Å². The number of fused-ring (bicyclic) bond motifs is 1. The minimum atomic E-state index is -0.508. The van der Waals surface area contributed by atoms with Crippen LogP contribution in [0.1, 0.15) is 10.4 Å². The lowest BCUT2D eigenvalue weighted by Crippen LogP contribution is -1.93. The molecule has 2 aromatic rings. The van der Waals surface area contributed by atoms with E-state index in [2.05, 4.69) is 9.97 Å². The first-order valence-electron chi connectivity index (χ1n) is 3.68. The zero-order valence-corrected chi connectivity index (χ0v) is 7.32. The van der Waals surface area contributed by atoms with Gasteiger partial charge in [0.05, 0.1) is 11.1 Å². The van der Waals surface area contributed by atoms with Gasteiger partial charge >= 0.3 is 0 Å². The molecule has 0 atom stereocenters. The van der Waals surface area contributed by atoms with Crippen LogP contribution in [-0.4, -0.2) is 15.2 Å². The minimum Gasteiger partial charge on any atom is -0.276 e. The maximum atomic E-state index is 11.0. The first-order chi connectivity index (χ1) is 6.29. The van der Waals surface area contributed by atoms with Crippen LogP contribution in [0.2, 0.25) is 0 Å². The Kier molecular flexibility index (Phi) is 1.94. The van der Waals surface area contributed by atoms with Crippen molar-refractivity contribution in [2.75, 3.05) is 0 Å². The number of benzene rings is 1. The summed E-state index contributed by atoms with van der Waals surface area (Å²) in [5, 5.41) is -0.508. The van der Waals surface area contributed by atoms with Crippen LogP contribution in [0.25, 0.3) is 11.0 Å². The van der Waals surface area contributed by atoms with Crippen molar-refractivity contribution in [2.24, 2.45) is 0 Å². The highest BCUT2D eigenvalue weighted by atomic mass is 35.5. The first-order valence-corrected chi connectivity index (χ1v) is 4.06. The van der Waals surface area contributed by atoms with Crippen LogP contribution >= 0.6 is 11.6 Å². The quantitative estimate of drug-likeness (QED) is 0.650. The van der Waals surface area contributed by atoms with E-state index in [1.807, 2.05) is 0 Å². The van der Waals surface area contributed by atoms with Crippen LogP contribution < -0.4 is 0 Å². The van der Waals surface area contributed by atoms with E-state index in [4.69, 9.17) is 11.6 Å². The van der Waals surface area contributed by atoms with Gasteiger partial charge in [-0.3, -0.25) is 14.8 Å². The summed E-state index contributed by atoms with van der Waals surface area (Å²) in [5.74, 6) is 0. The fourth-order valence-electron chi connectivity index (χ4n) is 1.15. The summed E-state index contributed by atoms with van der Waals surface area (Å²) in [6, 6.07) is 5.14. The summed E-state index contributed by atoms with van der Waals surface area (Å²) in [4.78, 5) is 19.0. The Hall–Kier alpha value is -1.48. The van der Waals surface area contributed by atoms with Crippen LogP contribution in [0.4, 0.5) is 0 Å². The molecule has 0 aliphatic carbocycles. The Morgan fingerprint density at radius 3 is 2.77 bits per heavy atom. The lowest BCUT2D eigenvalue weighted by Gasteiger charge is -1.98. The van der Waals surface area contributed by atoms with Crippen molar-refractivity contribution >= 4 is 27.9 Å². The molecule has 0 saturated carbocycles. The van der Waals surface area contributed by atoms with Gasteiger partial charge in [0.2, 0.25) is 0 Å². The number of hydrogen-bond acceptors (Lipinski definition) is 3. The minimum absolute atomic E-state index is 0.396. The van der Waals surface area contributed by atoms with Gasteiger partial charge in [-0.25, -0.2) is 0 Å². The van der Waals surface area contributed by atoms with Gasteiger partial charge in [0.25, 0.3) is 5.24 Å². The summed E-state index contributed by atoms with van der Waals surface area (Å²) >= 11 is 5.38. The lowest BCUT2D eigenvalue weighted by molar-refractivity contribution is 0.108. The monoisotopic (exact) mass is 192 g/mol. The molecule has 3 nitrogen and oxygen atoms in total. The number of para-hydroxylation sites is 1. The summed E-state index contributed by atoms with van der Waals surface area (Å²) in [6.45, 7) is 0. The van der Waals surface area contributed by atoms with E-state index in [0.717, 1.165) is 0 Å². The highest BCUT2D eigenvalue weighted by Crippen LogP contribution is 2.15. The van der Waals surface area contributed by atoms with Gasteiger partial charge in [0, 0.05) is 12.4 Å². The number of halogens is 1. The van der Waals surface area contributed by atoms with E-state index in [1.54, 1.807) is 24.4 Å². The van der Waals surface area contributed by atoms with Crippen molar-refractivity contribution in [3.63, 3.8) is 0 Å². The predicted octanol–water partition coefficient (Wildman–Crippen LogP) is 2.01. The molecule has 13 heavy (non-hydrogen) atoms. The Morgan fingerprint density at radius 2 is 2.00 bits per heavy atom. The molecular formula is C9H5ClN2O. The normalized spacial score (nSPS) is 10.2. The van der Waals surface area contributed by atoms with Gasteiger partial charge in [-0.2, -0.15) is 0 Å². The third-order valence-electron chi connectivity index (χ3n) is 1.71. The van der Waals surface area contributed by atoms with Crippen LogP contribution in [0.15, 0.2) is 30.6 Å². The molecule has 64 valence electrons. The van der Waals surface area contributed by atoms with E-state index >= 15 is 0 Å². The van der Waals surface area contributed by atoms with Gasteiger partial charge in [0.15, 0.2) is 0 Å². The molecular weight excluding hydrogens is 188 g/mol. The fourth-order valence-corrected chi connectivity index (χ4v) is 1.30. The molecule has 1 aromatic carbocycles. The number of carbonyl (C=O) groups is 1. The topological polar surface area (TPSA) is 42.9 Å². The van der Waals surface area contributed by atoms with Crippen molar-refractivity contribution in [3.05, 3.63) is 36.2 Å². The van der Waals surface area contributed by atoms with Crippen LogP contribution in [-0.2, 0) is 0 Å². The number of rotatable bonds is 1. The average Bonchev–Trinajstić information content (AvgIpc) is 2.17. The second-order valence-corrected chi connectivity index (χ2v) is 2.85. The zero-order chi connectivity index (χ0) is 9.26. The third-order valence-corrected chi connectivity index (χ3v) is 1.91. The van der Waals surface area contributed by atoms with Gasteiger partial charge in [-0.15, -0.1) is 0 Å². The molecule has 0 spiro atoms. The smallest absolute Gasteiger partial charge is 0.254 e. The number of carbonyl (C=O) groups excluding carboxylic acids is 1. The molecule has 0 amide bonds. The molecule has 0 saturated heterocycles. The summed E-state index contributed by atoms with van der Waals surface area (Å²) < 4.78 is 0. The molecule has 0 unspecified atom stereocenters. The Morgan fingerprint density at radius 1 is 1.23 bits per heavy atom. The van der Waals surface area contributed by atoms with Gasteiger partial charge in [-0.1, -0.05) is 6.07 Å². The highest BCUT2D eigenvalue weighted by Gasteiger charge is 2.07. The summed E-state index contributed by atoms with van der Waals surface area (Å²) in [5.41, 5.74) is 1.62. The number of hydrogen-bond donors (Lipinski definition) is 0. The standard InChI is InChI=1S/C9H5ClN2O/c10-9(13)6-2-1-3-7-8(6)12-5-4-11-7/h1-5H. The van der Waals surface area contributed by atoms with E-state index < -0.39 is 5.24 Å². The van der Waals surface area contributed by atoms with Gasteiger partial charge < -0.3 is 0 Å². The molecule has 2 rings (SSSR count). The summed E-state index contributed by atoms with van der Waals surface area (Å²) in [7, 11) is 0. The molecule has 0 N–H and O–H groups in total. The second kappa shape index (κ2) is 3.11. The SMILES string of the molecule is O=C(Cl)c1cccc2nccnc12. The van der Waals surface area contributed by atoms with Crippen molar-refractivity contribution in [1.29, 1.82) is 0 Å². The predicted molar refractivity (Wildman–Crippen MR) is 49.7 cm³/mol. The first kappa shape index (κ1) is 8.13. The van der Waals surface area contributed by atoms with E-state index in [1.165, 1.54) is 6.20 Å². The number of aromatic nitrogens is 2. The summed E-state index contributed by atoms with van der Waals surface area (Å²) in [6.07, 6.45) is 3.11. The Bertz CT molecular complexity index is 465. The third kappa shape index (κ3) is 1.38. The van der Waals surface area contributed by atoms with E-state index in [-0.39, 0.29) is 0 Å². The molecule has 1 heterocycles. The molecule has 0 fully saturated rings. The highest BCUT2D eigenvalue weighted by molar-refractivity contribution is 6.68. The van der Waals surface area contributed by atoms with Crippen molar-refractivity contribution in [1.82, 2.24) is 9.97 Å². The molecule has 0 bridgehead atoms. The van der Waals surface area contributed by atoms with E-state index in [0.29, 0.717) is 16.6 Å². The Balaban J connectivity index is 2.83.